The van der Waals surface area contributed by atoms with Crippen LogP contribution in [0.2, 0.25) is 5.82 Å². The van der Waals surface area contributed by atoms with E-state index in [9.17, 15) is 10.2 Å². The van der Waals surface area contributed by atoms with Crippen molar-refractivity contribution in [1.29, 1.82) is 0 Å². The number of allylic oxidation sites excluding steroid dienone is 5. The summed E-state index contributed by atoms with van der Waals surface area (Å²) < 4.78 is 0. The number of phenolic OH excluding ortho intramolecular Hbond substituents is 2. The van der Waals surface area contributed by atoms with Gasteiger partial charge < -0.3 is 20.3 Å². The Balaban J connectivity index is 2.06. The van der Waals surface area contributed by atoms with Crippen LogP contribution in [0.3, 0.4) is 0 Å². The molecular weight excluding hydrogens is 243 g/mol. The molecule has 0 fully saturated rings. The van der Waals surface area contributed by atoms with E-state index in [1.807, 2.05) is 18.2 Å². The van der Waals surface area contributed by atoms with Crippen LogP contribution in [0, 0.1) is 0 Å². The molecule has 1 aliphatic carbocycles. The molecule has 0 aliphatic heterocycles. The van der Waals surface area contributed by atoms with Crippen LogP contribution in [0.25, 0.3) is 6.08 Å². The molecule has 5 heteroatoms. The van der Waals surface area contributed by atoms with E-state index < -0.39 is 7.12 Å². The van der Waals surface area contributed by atoms with E-state index in [1.165, 1.54) is 6.07 Å². The summed E-state index contributed by atoms with van der Waals surface area (Å²) in [7, 11) is -1.33. The predicted octanol–water partition coefficient (Wildman–Crippen LogP) is 1.84. The normalized spacial score (nSPS) is 18.6. The Morgan fingerprint density at radius 3 is 2.26 bits per heavy atom. The highest BCUT2D eigenvalue weighted by atomic mass is 16.4. The fourth-order valence-electron chi connectivity index (χ4n) is 1.90. The Bertz CT molecular complexity index is 526. The van der Waals surface area contributed by atoms with Gasteiger partial charge in [0.25, 0.3) is 0 Å². The van der Waals surface area contributed by atoms with E-state index in [2.05, 4.69) is 0 Å². The van der Waals surface area contributed by atoms with Gasteiger partial charge in [-0.3, -0.25) is 0 Å². The molecule has 98 valence electrons. The maximum atomic E-state index is 9.35. The number of rotatable bonds is 3. The first kappa shape index (κ1) is 13.5. The monoisotopic (exact) mass is 258 g/mol. The zero-order valence-corrected chi connectivity index (χ0v) is 10.3. The molecule has 4 N–H and O–H groups in total. The van der Waals surface area contributed by atoms with Crippen molar-refractivity contribution in [3.63, 3.8) is 0 Å². The van der Waals surface area contributed by atoms with Crippen LogP contribution in [0.15, 0.2) is 48.1 Å². The van der Waals surface area contributed by atoms with Gasteiger partial charge in [-0.25, -0.2) is 0 Å². The minimum atomic E-state index is -1.33. The third-order valence-electron chi connectivity index (χ3n) is 2.94. The first-order valence-electron chi connectivity index (χ1n) is 6.00. The van der Waals surface area contributed by atoms with Crippen molar-refractivity contribution in [1.82, 2.24) is 0 Å². The van der Waals surface area contributed by atoms with Gasteiger partial charge in [0.1, 0.15) is 11.5 Å². The second-order valence-electron chi connectivity index (χ2n) is 4.49. The van der Waals surface area contributed by atoms with E-state index in [1.54, 1.807) is 24.3 Å². The molecule has 0 saturated heterocycles. The zero-order valence-electron chi connectivity index (χ0n) is 10.3. The van der Waals surface area contributed by atoms with Gasteiger partial charge in [0, 0.05) is 11.9 Å². The van der Waals surface area contributed by atoms with Gasteiger partial charge in [0.15, 0.2) is 0 Å². The molecule has 0 heterocycles. The fourth-order valence-corrected chi connectivity index (χ4v) is 1.90. The minimum absolute atomic E-state index is 0.0104. The highest BCUT2D eigenvalue weighted by Gasteiger charge is 2.20. The third-order valence-corrected chi connectivity index (χ3v) is 2.94. The van der Waals surface area contributed by atoms with E-state index >= 15 is 0 Å². The lowest BCUT2D eigenvalue weighted by atomic mass is 9.69. The summed E-state index contributed by atoms with van der Waals surface area (Å²) in [4.78, 5) is 0. The molecule has 19 heavy (non-hydrogen) atoms. The zero-order chi connectivity index (χ0) is 13.8. The first-order valence-corrected chi connectivity index (χ1v) is 6.00. The second-order valence-corrected chi connectivity index (χ2v) is 4.49. The minimum Gasteiger partial charge on any atom is -0.508 e. The molecule has 1 atom stereocenters. The van der Waals surface area contributed by atoms with Gasteiger partial charge in [-0.1, -0.05) is 30.4 Å². The summed E-state index contributed by atoms with van der Waals surface area (Å²) in [6, 6.07) is 4.36. The molecule has 4 nitrogen and oxygen atoms in total. The van der Waals surface area contributed by atoms with Crippen molar-refractivity contribution >= 4 is 13.2 Å². The van der Waals surface area contributed by atoms with Crippen LogP contribution in [0.4, 0.5) is 0 Å². The summed E-state index contributed by atoms with van der Waals surface area (Å²) in [5.74, 6) is -0.241. The van der Waals surface area contributed by atoms with Gasteiger partial charge in [0.2, 0.25) is 0 Å². The van der Waals surface area contributed by atoms with Gasteiger partial charge in [-0.15, -0.1) is 0 Å². The highest BCUT2D eigenvalue weighted by Crippen LogP contribution is 2.25. The molecule has 2 rings (SSSR count). The topological polar surface area (TPSA) is 80.9 Å². The number of aromatic hydroxyl groups is 2. The molecule has 1 unspecified atom stereocenters. The van der Waals surface area contributed by atoms with Crippen molar-refractivity contribution in [2.45, 2.75) is 12.2 Å². The van der Waals surface area contributed by atoms with Crippen LogP contribution >= 0.6 is 0 Å². The SMILES string of the molecule is OB(O)C1C=CC(/C=C/c2cc(O)cc(O)c2)=CC1. The summed E-state index contributed by atoms with van der Waals surface area (Å²) >= 11 is 0. The molecule has 0 amide bonds. The quantitative estimate of drug-likeness (QED) is 0.623. The number of benzene rings is 1. The van der Waals surface area contributed by atoms with Gasteiger partial charge in [-0.2, -0.15) is 0 Å². The molecule has 1 aromatic carbocycles. The van der Waals surface area contributed by atoms with Crippen LogP contribution in [0.1, 0.15) is 12.0 Å². The number of hydrogen-bond acceptors (Lipinski definition) is 4. The molecule has 1 aromatic rings. The summed E-state index contributed by atoms with van der Waals surface area (Å²) in [6.45, 7) is 0. The Labute approximate surface area is 111 Å². The van der Waals surface area contributed by atoms with Gasteiger partial charge in [0.05, 0.1) is 0 Å². The Morgan fingerprint density at radius 1 is 1.05 bits per heavy atom. The highest BCUT2D eigenvalue weighted by molar-refractivity contribution is 6.44. The van der Waals surface area contributed by atoms with E-state index in [0.717, 1.165) is 5.57 Å². The van der Waals surface area contributed by atoms with Gasteiger partial charge in [-0.05, 0) is 29.7 Å². The average Bonchev–Trinajstić information content (AvgIpc) is 2.36. The van der Waals surface area contributed by atoms with Crippen LogP contribution < -0.4 is 0 Å². The standard InChI is InChI=1S/C14H15BO4/c16-13-7-11(8-14(17)9-13)2-1-10-3-5-12(6-4-10)15(18)19/h1-5,7-9,12,16-19H,6H2/b2-1+. The lowest BCUT2D eigenvalue weighted by Gasteiger charge is -2.13. The Kier molecular flexibility index (Phi) is 4.09. The predicted molar refractivity (Wildman–Crippen MR) is 74.6 cm³/mol. The summed E-state index contributed by atoms with van der Waals surface area (Å²) in [5.41, 5.74) is 1.64. The van der Waals surface area contributed by atoms with E-state index in [-0.39, 0.29) is 17.3 Å². The average molecular weight is 258 g/mol. The maximum absolute atomic E-state index is 9.35. The number of hydrogen-bond donors (Lipinski definition) is 4. The van der Waals surface area contributed by atoms with Crippen molar-refractivity contribution in [3.8, 4) is 11.5 Å². The number of phenols is 2. The molecule has 0 aromatic heterocycles. The van der Waals surface area contributed by atoms with Crippen LogP contribution in [-0.2, 0) is 0 Å². The molecule has 0 radical (unpaired) electrons. The van der Waals surface area contributed by atoms with Crippen molar-refractivity contribution in [3.05, 3.63) is 53.6 Å². The first-order chi connectivity index (χ1) is 9.04. The second kappa shape index (κ2) is 5.78. The van der Waals surface area contributed by atoms with Crippen LogP contribution in [-0.4, -0.2) is 27.4 Å². The van der Waals surface area contributed by atoms with Gasteiger partial charge >= 0.3 is 7.12 Å². The Morgan fingerprint density at radius 2 is 1.74 bits per heavy atom. The largest absolute Gasteiger partial charge is 0.508 e. The van der Waals surface area contributed by atoms with Crippen molar-refractivity contribution in [2.75, 3.05) is 0 Å². The van der Waals surface area contributed by atoms with Crippen molar-refractivity contribution < 1.29 is 20.3 Å². The molecular formula is C14H15BO4. The smallest absolute Gasteiger partial charge is 0.459 e. The molecule has 0 spiro atoms. The summed E-state index contributed by atoms with van der Waals surface area (Å²) in [6.07, 6.45) is 9.65. The third kappa shape index (κ3) is 3.74. The van der Waals surface area contributed by atoms with Crippen molar-refractivity contribution in [2.24, 2.45) is 0 Å². The van der Waals surface area contributed by atoms with E-state index in [0.29, 0.717) is 12.0 Å². The maximum Gasteiger partial charge on any atom is 0.459 e. The molecule has 0 saturated carbocycles. The fraction of sp³-hybridized carbons (Fsp3) is 0.143. The lowest BCUT2D eigenvalue weighted by Crippen LogP contribution is -2.19. The Hall–Kier alpha value is -1.98. The van der Waals surface area contributed by atoms with Crippen LogP contribution in [0.5, 0.6) is 11.5 Å². The van der Waals surface area contributed by atoms with E-state index in [4.69, 9.17) is 10.0 Å². The molecule has 1 aliphatic rings. The lowest BCUT2D eigenvalue weighted by molar-refractivity contribution is 0.394. The molecule has 0 bridgehead atoms. The summed E-state index contributed by atoms with van der Waals surface area (Å²) in [5, 5.41) is 36.8.